The molecule has 2 nitrogen and oxygen atoms in total. The van der Waals surface area contributed by atoms with Crippen molar-refractivity contribution in [2.45, 2.75) is 51.6 Å². The van der Waals surface area contributed by atoms with E-state index in [1.165, 1.54) is 12.0 Å². The van der Waals surface area contributed by atoms with Gasteiger partial charge in [0.1, 0.15) is 0 Å². The molecule has 0 spiro atoms. The fraction of sp³-hybridized carbons (Fsp3) is 0.647. The van der Waals surface area contributed by atoms with Gasteiger partial charge in [0, 0.05) is 11.6 Å². The Bertz CT molecular complexity index is 348. The Morgan fingerprint density at radius 1 is 1.16 bits per heavy atom. The second-order valence-corrected chi connectivity index (χ2v) is 5.74. The van der Waals surface area contributed by atoms with Gasteiger partial charge in [0.25, 0.3) is 0 Å². The van der Waals surface area contributed by atoms with E-state index < -0.39 is 0 Å². The molecule has 0 saturated heterocycles. The predicted octanol–water partition coefficient (Wildman–Crippen LogP) is 3.33. The minimum atomic E-state index is 0.213. The SMILES string of the molecule is CCNC(CCc1ccccc1)C(C)(CC)N(C)C. The van der Waals surface area contributed by atoms with Crippen LogP contribution in [0.15, 0.2) is 30.3 Å². The summed E-state index contributed by atoms with van der Waals surface area (Å²) in [6.07, 6.45) is 3.48. The summed E-state index contributed by atoms with van der Waals surface area (Å²) in [4.78, 5) is 2.37. The molecule has 2 unspecified atom stereocenters. The van der Waals surface area contributed by atoms with Crippen molar-refractivity contribution in [3.05, 3.63) is 35.9 Å². The molecule has 0 amide bonds. The number of hydrogen-bond acceptors (Lipinski definition) is 2. The number of benzene rings is 1. The highest BCUT2D eigenvalue weighted by molar-refractivity contribution is 5.15. The van der Waals surface area contributed by atoms with Gasteiger partial charge >= 0.3 is 0 Å². The molecule has 0 aliphatic carbocycles. The molecule has 0 fully saturated rings. The maximum absolute atomic E-state index is 3.68. The molecule has 19 heavy (non-hydrogen) atoms. The maximum Gasteiger partial charge on any atom is 0.0325 e. The lowest BCUT2D eigenvalue weighted by atomic mass is 9.84. The van der Waals surface area contributed by atoms with Gasteiger partial charge in [-0.05, 0) is 52.4 Å². The highest BCUT2D eigenvalue weighted by Gasteiger charge is 2.33. The van der Waals surface area contributed by atoms with Crippen LogP contribution in [0.2, 0.25) is 0 Å². The fourth-order valence-corrected chi connectivity index (χ4v) is 2.71. The Labute approximate surface area is 119 Å². The standard InChI is InChI=1S/C17H30N2/c1-6-17(3,19(4)5)16(18-7-2)14-13-15-11-9-8-10-12-15/h8-12,16,18H,6-7,13-14H2,1-5H3. The lowest BCUT2D eigenvalue weighted by molar-refractivity contribution is 0.109. The molecule has 0 aliphatic heterocycles. The summed E-state index contributed by atoms with van der Waals surface area (Å²) in [6, 6.07) is 11.3. The summed E-state index contributed by atoms with van der Waals surface area (Å²) >= 11 is 0. The molecule has 1 aromatic rings. The van der Waals surface area contributed by atoms with Gasteiger partial charge in [-0.25, -0.2) is 0 Å². The van der Waals surface area contributed by atoms with Crippen molar-refractivity contribution in [2.24, 2.45) is 0 Å². The van der Waals surface area contributed by atoms with E-state index in [2.05, 4.69) is 75.4 Å². The average molecular weight is 262 g/mol. The second-order valence-electron chi connectivity index (χ2n) is 5.74. The molecular formula is C17H30N2. The summed E-state index contributed by atoms with van der Waals surface area (Å²) in [5.74, 6) is 0. The highest BCUT2D eigenvalue weighted by atomic mass is 15.2. The first-order valence-corrected chi connectivity index (χ1v) is 7.49. The Balaban J connectivity index is 2.72. The van der Waals surface area contributed by atoms with E-state index in [0.29, 0.717) is 6.04 Å². The molecule has 0 bridgehead atoms. The van der Waals surface area contributed by atoms with Crippen molar-refractivity contribution in [3.8, 4) is 0 Å². The lowest BCUT2D eigenvalue weighted by Crippen LogP contribution is -2.57. The monoisotopic (exact) mass is 262 g/mol. The van der Waals surface area contributed by atoms with Crippen LogP contribution in [0, 0.1) is 0 Å². The first kappa shape index (κ1) is 16.2. The molecule has 2 atom stereocenters. The van der Waals surface area contributed by atoms with Crippen LogP contribution in [0.25, 0.3) is 0 Å². The van der Waals surface area contributed by atoms with E-state index in [1.54, 1.807) is 0 Å². The smallest absolute Gasteiger partial charge is 0.0325 e. The van der Waals surface area contributed by atoms with Crippen molar-refractivity contribution >= 4 is 0 Å². The Hall–Kier alpha value is -0.860. The number of aryl methyl sites for hydroxylation is 1. The molecule has 2 heteroatoms. The number of nitrogens with one attached hydrogen (secondary N) is 1. The zero-order valence-corrected chi connectivity index (χ0v) is 13.2. The summed E-state index contributed by atoms with van der Waals surface area (Å²) in [6.45, 7) is 7.88. The van der Waals surface area contributed by atoms with E-state index in [1.807, 2.05) is 0 Å². The van der Waals surface area contributed by atoms with Gasteiger partial charge in [-0.2, -0.15) is 0 Å². The Morgan fingerprint density at radius 3 is 2.26 bits per heavy atom. The topological polar surface area (TPSA) is 15.3 Å². The van der Waals surface area contributed by atoms with E-state index in [9.17, 15) is 0 Å². The average Bonchev–Trinajstić information content (AvgIpc) is 2.43. The summed E-state index contributed by atoms with van der Waals surface area (Å²) < 4.78 is 0. The maximum atomic E-state index is 3.68. The van der Waals surface area contributed by atoms with Crippen LogP contribution in [-0.2, 0) is 6.42 Å². The van der Waals surface area contributed by atoms with Crippen LogP contribution in [0.4, 0.5) is 0 Å². The minimum absolute atomic E-state index is 0.213. The normalized spacial score (nSPS) is 16.3. The van der Waals surface area contributed by atoms with Crippen LogP contribution in [0.1, 0.15) is 39.2 Å². The third-order valence-electron chi connectivity index (χ3n) is 4.50. The third-order valence-corrected chi connectivity index (χ3v) is 4.50. The quantitative estimate of drug-likeness (QED) is 0.773. The van der Waals surface area contributed by atoms with Gasteiger partial charge in [0.15, 0.2) is 0 Å². The molecule has 0 aliphatic rings. The molecule has 0 heterocycles. The fourth-order valence-electron chi connectivity index (χ4n) is 2.71. The van der Waals surface area contributed by atoms with E-state index >= 15 is 0 Å². The largest absolute Gasteiger partial charge is 0.312 e. The van der Waals surface area contributed by atoms with Gasteiger partial charge in [-0.1, -0.05) is 44.2 Å². The molecule has 1 rings (SSSR count). The number of nitrogens with zero attached hydrogens (tertiary/aromatic N) is 1. The molecular weight excluding hydrogens is 232 g/mol. The van der Waals surface area contributed by atoms with Crippen LogP contribution in [0.5, 0.6) is 0 Å². The molecule has 0 saturated carbocycles. The predicted molar refractivity (Wildman–Crippen MR) is 84.6 cm³/mol. The van der Waals surface area contributed by atoms with Crippen molar-refractivity contribution in [1.82, 2.24) is 10.2 Å². The van der Waals surface area contributed by atoms with Crippen LogP contribution < -0.4 is 5.32 Å². The molecule has 1 N–H and O–H groups in total. The number of rotatable bonds is 8. The van der Waals surface area contributed by atoms with Gasteiger partial charge in [0.2, 0.25) is 0 Å². The van der Waals surface area contributed by atoms with Crippen molar-refractivity contribution in [1.29, 1.82) is 0 Å². The molecule has 0 radical (unpaired) electrons. The summed E-state index contributed by atoms with van der Waals surface area (Å²) in [7, 11) is 4.38. The van der Waals surface area contributed by atoms with Crippen LogP contribution >= 0.6 is 0 Å². The van der Waals surface area contributed by atoms with Gasteiger partial charge in [0.05, 0.1) is 0 Å². The number of likely N-dealkylation sites (N-methyl/N-ethyl adjacent to an activating group) is 2. The van der Waals surface area contributed by atoms with Crippen LogP contribution in [-0.4, -0.2) is 37.1 Å². The minimum Gasteiger partial charge on any atom is -0.312 e. The van der Waals surface area contributed by atoms with Gasteiger partial charge < -0.3 is 10.2 Å². The van der Waals surface area contributed by atoms with E-state index in [4.69, 9.17) is 0 Å². The third kappa shape index (κ3) is 4.32. The molecule has 0 aromatic heterocycles. The molecule has 108 valence electrons. The first-order valence-electron chi connectivity index (χ1n) is 7.49. The first-order chi connectivity index (χ1) is 9.04. The van der Waals surface area contributed by atoms with Crippen molar-refractivity contribution < 1.29 is 0 Å². The van der Waals surface area contributed by atoms with Crippen LogP contribution in [0.3, 0.4) is 0 Å². The van der Waals surface area contributed by atoms with E-state index in [0.717, 1.165) is 19.4 Å². The Morgan fingerprint density at radius 2 is 1.79 bits per heavy atom. The highest BCUT2D eigenvalue weighted by Crippen LogP contribution is 2.24. The van der Waals surface area contributed by atoms with E-state index in [-0.39, 0.29) is 5.54 Å². The lowest BCUT2D eigenvalue weighted by Gasteiger charge is -2.43. The van der Waals surface area contributed by atoms with Crippen molar-refractivity contribution in [2.75, 3.05) is 20.6 Å². The second kappa shape index (κ2) is 7.66. The summed E-state index contributed by atoms with van der Waals surface area (Å²) in [5.41, 5.74) is 1.65. The zero-order chi connectivity index (χ0) is 14.3. The Kier molecular flexibility index (Phi) is 6.53. The van der Waals surface area contributed by atoms with Gasteiger partial charge in [-0.3, -0.25) is 0 Å². The van der Waals surface area contributed by atoms with Crippen molar-refractivity contribution in [3.63, 3.8) is 0 Å². The zero-order valence-electron chi connectivity index (χ0n) is 13.2. The molecule has 1 aromatic carbocycles. The van der Waals surface area contributed by atoms with Gasteiger partial charge in [-0.15, -0.1) is 0 Å². The number of hydrogen-bond donors (Lipinski definition) is 1. The summed E-state index contributed by atoms with van der Waals surface area (Å²) in [5, 5.41) is 3.68.